The number of benzene rings is 1. The summed E-state index contributed by atoms with van der Waals surface area (Å²) in [6, 6.07) is 8.61. The normalized spacial score (nSPS) is 17.3. The van der Waals surface area contributed by atoms with Crippen molar-refractivity contribution in [3.05, 3.63) is 29.8 Å². The van der Waals surface area contributed by atoms with E-state index in [1.165, 1.54) is 0 Å². The minimum absolute atomic E-state index is 0.420. The van der Waals surface area contributed by atoms with Crippen LogP contribution >= 0.6 is 0 Å². The number of nitrogens with zero attached hydrogens (tertiary/aromatic N) is 2. The molecule has 0 saturated carbocycles. The zero-order valence-electron chi connectivity index (χ0n) is 13.9. The quantitative estimate of drug-likeness (QED) is 0.769. The standard InChI is InChI=1S/C17H28N4O/c1-4-21(5-2)10-11-22-16-9-7-6-8-15(16)13-19-17-18-12-14(3)20-17/h6-9,14H,4-5,10-13H2,1-3H3,(H2,18,19,20). The first kappa shape index (κ1) is 16.6. The van der Waals surface area contributed by atoms with Gasteiger partial charge in [0.05, 0.1) is 6.54 Å². The van der Waals surface area contributed by atoms with Gasteiger partial charge in [0.1, 0.15) is 12.4 Å². The van der Waals surface area contributed by atoms with Gasteiger partial charge in [-0.15, -0.1) is 0 Å². The summed E-state index contributed by atoms with van der Waals surface area (Å²) in [5, 5.41) is 6.65. The highest BCUT2D eigenvalue weighted by Crippen LogP contribution is 2.17. The summed E-state index contributed by atoms with van der Waals surface area (Å²) in [5.41, 5.74) is 1.16. The average molecular weight is 304 g/mol. The Kier molecular flexibility index (Phi) is 6.52. The Hall–Kier alpha value is -1.75. The molecule has 1 aliphatic heterocycles. The van der Waals surface area contributed by atoms with Crippen molar-refractivity contribution in [1.82, 2.24) is 15.5 Å². The highest BCUT2D eigenvalue weighted by atomic mass is 16.5. The Balaban J connectivity index is 1.84. The van der Waals surface area contributed by atoms with Crippen LogP contribution in [0.4, 0.5) is 0 Å². The van der Waals surface area contributed by atoms with E-state index in [-0.39, 0.29) is 0 Å². The summed E-state index contributed by atoms with van der Waals surface area (Å²) in [6.07, 6.45) is 0. The van der Waals surface area contributed by atoms with Crippen LogP contribution in [0.5, 0.6) is 5.75 Å². The first-order valence-corrected chi connectivity index (χ1v) is 8.20. The fourth-order valence-corrected chi connectivity index (χ4v) is 2.45. The largest absolute Gasteiger partial charge is 0.492 e. The SMILES string of the molecule is CCN(CC)CCOc1ccccc1CNC1=NCC(C)N1. The molecule has 2 N–H and O–H groups in total. The molecular formula is C17H28N4O. The van der Waals surface area contributed by atoms with Gasteiger partial charge >= 0.3 is 0 Å². The minimum atomic E-state index is 0.420. The Labute approximate surface area is 133 Å². The average Bonchev–Trinajstić information content (AvgIpc) is 2.96. The summed E-state index contributed by atoms with van der Waals surface area (Å²) < 4.78 is 5.97. The van der Waals surface area contributed by atoms with Gasteiger partial charge in [-0.1, -0.05) is 32.0 Å². The van der Waals surface area contributed by atoms with Gasteiger partial charge in [0.2, 0.25) is 0 Å². The van der Waals surface area contributed by atoms with Crippen LogP contribution in [0.2, 0.25) is 0 Å². The van der Waals surface area contributed by atoms with Crippen LogP contribution in [0.15, 0.2) is 29.3 Å². The molecule has 0 aliphatic carbocycles. The minimum Gasteiger partial charge on any atom is -0.492 e. The van der Waals surface area contributed by atoms with Gasteiger partial charge < -0.3 is 20.3 Å². The van der Waals surface area contributed by atoms with Crippen LogP contribution < -0.4 is 15.4 Å². The number of nitrogens with one attached hydrogen (secondary N) is 2. The van der Waals surface area contributed by atoms with Crippen molar-refractivity contribution in [3.8, 4) is 5.75 Å². The molecule has 1 heterocycles. The van der Waals surface area contributed by atoms with Gasteiger partial charge in [-0.05, 0) is 26.1 Å². The first-order chi connectivity index (χ1) is 10.7. The van der Waals surface area contributed by atoms with Gasteiger partial charge in [-0.25, -0.2) is 0 Å². The van der Waals surface area contributed by atoms with Crippen molar-refractivity contribution in [2.24, 2.45) is 4.99 Å². The molecule has 0 fully saturated rings. The maximum Gasteiger partial charge on any atom is 0.191 e. The van der Waals surface area contributed by atoms with E-state index < -0.39 is 0 Å². The highest BCUT2D eigenvalue weighted by molar-refractivity contribution is 5.81. The molecule has 0 saturated heterocycles. The Bertz CT molecular complexity index is 485. The monoisotopic (exact) mass is 304 g/mol. The second-order valence-electron chi connectivity index (χ2n) is 5.57. The lowest BCUT2D eigenvalue weighted by molar-refractivity contribution is 0.221. The van der Waals surface area contributed by atoms with E-state index in [9.17, 15) is 0 Å². The molecule has 1 aromatic carbocycles. The number of aliphatic imine (C=N–C) groups is 1. The van der Waals surface area contributed by atoms with E-state index in [1.54, 1.807) is 0 Å². The summed E-state index contributed by atoms with van der Waals surface area (Å²) in [5.74, 6) is 1.83. The molecule has 122 valence electrons. The van der Waals surface area contributed by atoms with Crippen LogP contribution in [0, 0.1) is 0 Å². The third-order valence-corrected chi connectivity index (χ3v) is 3.88. The molecule has 0 radical (unpaired) electrons. The molecule has 1 aromatic rings. The predicted octanol–water partition coefficient (Wildman–Crippen LogP) is 1.84. The third kappa shape index (κ3) is 4.91. The van der Waals surface area contributed by atoms with Gasteiger partial charge in [0, 0.05) is 24.7 Å². The van der Waals surface area contributed by atoms with Crippen LogP contribution in [-0.2, 0) is 6.54 Å². The lowest BCUT2D eigenvalue weighted by Crippen LogP contribution is -2.37. The van der Waals surface area contributed by atoms with Crippen LogP contribution in [-0.4, -0.2) is 49.7 Å². The molecule has 0 amide bonds. The molecule has 1 unspecified atom stereocenters. The van der Waals surface area contributed by atoms with Crippen LogP contribution in [0.25, 0.3) is 0 Å². The summed E-state index contributed by atoms with van der Waals surface area (Å²) in [7, 11) is 0. The predicted molar refractivity (Wildman–Crippen MR) is 91.5 cm³/mol. The summed E-state index contributed by atoms with van der Waals surface area (Å²) in [4.78, 5) is 6.78. The number of likely N-dealkylation sites (N-methyl/N-ethyl adjacent to an activating group) is 1. The molecule has 0 bridgehead atoms. The fraction of sp³-hybridized carbons (Fsp3) is 0.588. The van der Waals surface area contributed by atoms with Gasteiger partial charge in [-0.3, -0.25) is 4.99 Å². The van der Waals surface area contributed by atoms with E-state index >= 15 is 0 Å². The molecule has 1 aliphatic rings. The van der Waals surface area contributed by atoms with Crippen molar-refractivity contribution in [1.29, 1.82) is 0 Å². The zero-order chi connectivity index (χ0) is 15.8. The Morgan fingerprint density at radius 2 is 2.09 bits per heavy atom. The van der Waals surface area contributed by atoms with E-state index in [1.807, 2.05) is 18.2 Å². The van der Waals surface area contributed by atoms with Crippen molar-refractivity contribution in [3.63, 3.8) is 0 Å². The Morgan fingerprint density at radius 1 is 1.32 bits per heavy atom. The van der Waals surface area contributed by atoms with E-state index in [4.69, 9.17) is 4.74 Å². The second-order valence-corrected chi connectivity index (χ2v) is 5.57. The molecule has 5 heteroatoms. The van der Waals surface area contributed by atoms with E-state index in [2.05, 4.69) is 47.4 Å². The fourth-order valence-electron chi connectivity index (χ4n) is 2.45. The molecule has 0 aromatic heterocycles. The van der Waals surface area contributed by atoms with Crippen LogP contribution in [0.1, 0.15) is 26.3 Å². The molecule has 5 nitrogen and oxygen atoms in total. The van der Waals surface area contributed by atoms with Gasteiger partial charge in [0.25, 0.3) is 0 Å². The van der Waals surface area contributed by atoms with Crippen molar-refractivity contribution in [2.75, 3.05) is 32.8 Å². The van der Waals surface area contributed by atoms with Crippen molar-refractivity contribution < 1.29 is 4.74 Å². The Morgan fingerprint density at radius 3 is 2.77 bits per heavy atom. The second kappa shape index (κ2) is 8.63. The number of guanidine groups is 1. The molecular weight excluding hydrogens is 276 g/mol. The topological polar surface area (TPSA) is 48.9 Å². The highest BCUT2D eigenvalue weighted by Gasteiger charge is 2.12. The summed E-state index contributed by atoms with van der Waals surface area (Å²) >= 11 is 0. The van der Waals surface area contributed by atoms with Gasteiger partial charge in [0.15, 0.2) is 5.96 Å². The maximum absolute atomic E-state index is 5.97. The van der Waals surface area contributed by atoms with E-state index in [0.29, 0.717) is 6.04 Å². The third-order valence-electron chi connectivity index (χ3n) is 3.88. The van der Waals surface area contributed by atoms with Crippen molar-refractivity contribution in [2.45, 2.75) is 33.4 Å². The molecule has 2 rings (SSSR count). The molecule has 22 heavy (non-hydrogen) atoms. The molecule has 1 atom stereocenters. The maximum atomic E-state index is 5.97. The first-order valence-electron chi connectivity index (χ1n) is 8.20. The number of hydrogen-bond acceptors (Lipinski definition) is 5. The van der Waals surface area contributed by atoms with E-state index in [0.717, 1.165) is 56.6 Å². The van der Waals surface area contributed by atoms with Crippen LogP contribution in [0.3, 0.4) is 0 Å². The number of rotatable bonds is 8. The zero-order valence-corrected chi connectivity index (χ0v) is 13.9. The number of hydrogen-bond donors (Lipinski definition) is 2. The van der Waals surface area contributed by atoms with Gasteiger partial charge in [-0.2, -0.15) is 0 Å². The smallest absolute Gasteiger partial charge is 0.191 e. The number of ether oxygens (including phenoxy) is 1. The van der Waals surface area contributed by atoms with Crippen molar-refractivity contribution >= 4 is 5.96 Å². The number of para-hydroxylation sites is 1. The lowest BCUT2D eigenvalue weighted by Gasteiger charge is -2.19. The summed E-state index contributed by atoms with van der Waals surface area (Å²) in [6.45, 7) is 11.8. The lowest BCUT2D eigenvalue weighted by atomic mass is 10.2. The molecule has 0 spiro atoms.